The number of fused-ring (bicyclic) bond motifs is 1. The van der Waals surface area contributed by atoms with Crippen LogP contribution in [0.25, 0.3) is 22.3 Å². The topological polar surface area (TPSA) is 68.0 Å². The Morgan fingerprint density at radius 2 is 2.13 bits per heavy atom. The molecule has 1 N–H and O–H groups in total. The minimum atomic E-state index is -0.915. The van der Waals surface area contributed by atoms with Crippen molar-refractivity contribution in [2.24, 2.45) is 5.92 Å². The van der Waals surface area contributed by atoms with E-state index in [9.17, 15) is 9.90 Å². The lowest BCUT2D eigenvalue weighted by Gasteiger charge is -2.02. The lowest BCUT2D eigenvalue weighted by atomic mass is 10.1. The summed E-state index contributed by atoms with van der Waals surface area (Å²) in [4.78, 5) is 15.8. The molecule has 116 valence electrons. The number of hydrogen-bond donors (Lipinski definition) is 1. The summed E-state index contributed by atoms with van der Waals surface area (Å²) in [5, 5.41) is 14.9. The van der Waals surface area contributed by atoms with Crippen molar-refractivity contribution >= 4 is 16.9 Å². The maximum absolute atomic E-state index is 11.3. The molecule has 0 spiro atoms. The van der Waals surface area contributed by atoms with Gasteiger partial charge in [-0.2, -0.15) is 5.10 Å². The number of aromatic carboxylic acids is 1. The molecule has 4 rings (SSSR count). The number of benzene rings is 1. The average molecular weight is 307 g/mol. The lowest BCUT2D eigenvalue weighted by molar-refractivity contribution is 0.0697. The Balaban J connectivity index is 1.91. The second kappa shape index (κ2) is 5.19. The summed E-state index contributed by atoms with van der Waals surface area (Å²) in [5.74, 6) is -0.258. The first kappa shape index (κ1) is 13.9. The van der Waals surface area contributed by atoms with Gasteiger partial charge in [0, 0.05) is 17.6 Å². The van der Waals surface area contributed by atoms with Gasteiger partial charge in [-0.05, 0) is 56.0 Å². The van der Waals surface area contributed by atoms with E-state index in [1.54, 1.807) is 12.1 Å². The first-order valence-electron chi connectivity index (χ1n) is 7.80. The highest BCUT2D eigenvalue weighted by Crippen LogP contribution is 2.34. The van der Waals surface area contributed by atoms with Gasteiger partial charge in [-0.15, -0.1) is 0 Å². The second-order valence-electron chi connectivity index (χ2n) is 6.18. The predicted octanol–water partition coefficient (Wildman–Crippen LogP) is 3.51. The van der Waals surface area contributed by atoms with E-state index in [-0.39, 0.29) is 5.56 Å². The summed E-state index contributed by atoms with van der Waals surface area (Å²) >= 11 is 0. The van der Waals surface area contributed by atoms with Crippen LogP contribution in [0, 0.1) is 12.8 Å². The van der Waals surface area contributed by atoms with Gasteiger partial charge in [0.1, 0.15) is 5.69 Å². The molecule has 1 fully saturated rings. The molecule has 0 amide bonds. The Morgan fingerprint density at radius 3 is 2.83 bits per heavy atom. The van der Waals surface area contributed by atoms with Crippen LogP contribution in [0.3, 0.4) is 0 Å². The van der Waals surface area contributed by atoms with Gasteiger partial charge >= 0.3 is 5.97 Å². The molecule has 0 radical (unpaired) electrons. The van der Waals surface area contributed by atoms with Crippen molar-refractivity contribution in [3.05, 3.63) is 47.7 Å². The summed E-state index contributed by atoms with van der Waals surface area (Å²) in [6, 6.07) is 11.1. The first-order valence-corrected chi connectivity index (χ1v) is 7.80. The molecule has 2 heterocycles. The van der Waals surface area contributed by atoms with Crippen LogP contribution in [0.15, 0.2) is 36.4 Å². The highest BCUT2D eigenvalue weighted by molar-refractivity contribution is 5.98. The lowest BCUT2D eigenvalue weighted by Crippen LogP contribution is -2.03. The molecule has 0 bridgehead atoms. The molecule has 0 unspecified atom stereocenters. The van der Waals surface area contributed by atoms with Crippen LogP contribution in [0.2, 0.25) is 0 Å². The molecule has 2 aromatic heterocycles. The largest absolute Gasteiger partial charge is 0.478 e. The van der Waals surface area contributed by atoms with E-state index < -0.39 is 5.97 Å². The third-order valence-corrected chi connectivity index (χ3v) is 4.26. The Bertz CT molecular complexity index is 910. The van der Waals surface area contributed by atoms with Crippen LogP contribution in [0.5, 0.6) is 0 Å². The van der Waals surface area contributed by atoms with Crippen molar-refractivity contribution in [3.63, 3.8) is 0 Å². The van der Waals surface area contributed by atoms with Crippen LogP contribution in [-0.2, 0) is 6.54 Å². The van der Waals surface area contributed by atoms with Gasteiger partial charge in [-0.25, -0.2) is 4.79 Å². The molecule has 1 aliphatic carbocycles. The molecule has 0 saturated heterocycles. The van der Waals surface area contributed by atoms with Gasteiger partial charge in [-0.1, -0.05) is 6.07 Å². The Morgan fingerprint density at radius 1 is 1.30 bits per heavy atom. The van der Waals surface area contributed by atoms with E-state index in [1.807, 2.05) is 35.9 Å². The van der Waals surface area contributed by atoms with E-state index in [0.717, 1.165) is 34.5 Å². The van der Waals surface area contributed by atoms with Crippen LogP contribution >= 0.6 is 0 Å². The summed E-state index contributed by atoms with van der Waals surface area (Å²) in [5.41, 5.74) is 3.75. The zero-order chi connectivity index (χ0) is 16.0. The second-order valence-corrected chi connectivity index (χ2v) is 6.18. The molecule has 0 aliphatic heterocycles. The van der Waals surface area contributed by atoms with Crippen molar-refractivity contribution in [2.75, 3.05) is 0 Å². The van der Waals surface area contributed by atoms with E-state index in [0.29, 0.717) is 5.92 Å². The number of aromatic nitrogens is 3. The highest BCUT2D eigenvalue weighted by atomic mass is 16.4. The molecule has 1 saturated carbocycles. The smallest absolute Gasteiger partial charge is 0.335 e. The minimum absolute atomic E-state index is 0.290. The number of nitrogens with zero attached hydrogens (tertiary/aromatic N) is 3. The van der Waals surface area contributed by atoms with Gasteiger partial charge in [-0.3, -0.25) is 9.67 Å². The summed E-state index contributed by atoms with van der Waals surface area (Å²) in [7, 11) is 0. The van der Waals surface area contributed by atoms with Crippen molar-refractivity contribution in [3.8, 4) is 11.4 Å². The van der Waals surface area contributed by atoms with Gasteiger partial charge in [0.15, 0.2) is 0 Å². The van der Waals surface area contributed by atoms with Crippen LogP contribution in [0.1, 0.15) is 28.9 Å². The molecule has 5 nitrogen and oxygen atoms in total. The van der Waals surface area contributed by atoms with E-state index in [4.69, 9.17) is 5.10 Å². The average Bonchev–Trinajstić information content (AvgIpc) is 3.27. The number of carboxylic acids is 1. The van der Waals surface area contributed by atoms with E-state index in [1.165, 1.54) is 12.8 Å². The van der Waals surface area contributed by atoms with Crippen molar-refractivity contribution in [1.29, 1.82) is 0 Å². The fourth-order valence-corrected chi connectivity index (χ4v) is 2.86. The monoisotopic (exact) mass is 307 g/mol. The number of aryl methyl sites for hydroxylation is 1. The molecule has 23 heavy (non-hydrogen) atoms. The zero-order valence-electron chi connectivity index (χ0n) is 12.9. The van der Waals surface area contributed by atoms with Crippen molar-refractivity contribution in [2.45, 2.75) is 26.3 Å². The van der Waals surface area contributed by atoms with E-state index in [2.05, 4.69) is 4.98 Å². The molecular weight excluding hydrogens is 290 g/mol. The molecule has 1 aromatic carbocycles. The van der Waals surface area contributed by atoms with Gasteiger partial charge in [0.25, 0.3) is 0 Å². The normalized spacial score (nSPS) is 14.3. The standard InChI is InChI=1S/C18H17N3O2/c1-11-3-2-4-15(19-11)17-14-8-7-13(18(22)23)9-16(14)21(20-17)10-12-5-6-12/h2-4,7-9,12H,5-6,10H2,1H3,(H,22,23). The summed E-state index contributed by atoms with van der Waals surface area (Å²) in [6.45, 7) is 2.79. The van der Waals surface area contributed by atoms with Crippen molar-refractivity contribution in [1.82, 2.24) is 14.8 Å². The Kier molecular flexibility index (Phi) is 3.15. The van der Waals surface area contributed by atoms with Crippen LogP contribution < -0.4 is 0 Å². The zero-order valence-corrected chi connectivity index (χ0v) is 12.9. The van der Waals surface area contributed by atoms with Crippen LogP contribution in [0.4, 0.5) is 0 Å². The Labute approximate surface area is 133 Å². The quantitative estimate of drug-likeness (QED) is 0.801. The summed E-state index contributed by atoms with van der Waals surface area (Å²) < 4.78 is 1.94. The number of hydrogen-bond acceptors (Lipinski definition) is 3. The summed E-state index contributed by atoms with van der Waals surface area (Å²) in [6.07, 6.45) is 2.44. The number of rotatable bonds is 4. The molecule has 1 aliphatic rings. The van der Waals surface area contributed by atoms with Crippen LogP contribution in [-0.4, -0.2) is 25.8 Å². The SMILES string of the molecule is Cc1cccc(-c2nn(CC3CC3)c3cc(C(=O)O)ccc23)n1. The van der Waals surface area contributed by atoms with Gasteiger partial charge in [0.2, 0.25) is 0 Å². The number of carboxylic acid groups (broad SMARTS) is 1. The fraction of sp³-hybridized carbons (Fsp3) is 0.278. The molecule has 5 heteroatoms. The van der Waals surface area contributed by atoms with Gasteiger partial charge in [0.05, 0.1) is 16.8 Å². The third kappa shape index (κ3) is 2.59. The Hall–Kier alpha value is -2.69. The predicted molar refractivity (Wildman–Crippen MR) is 87.4 cm³/mol. The first-order chi connectivity index (χ1) is 11.1. The number of pyridine rings is 1. The highest BCUT2D eigenvalue weighted by Gasteiger charge is 2.24. The molecular formula is C18H17N3O2. The maximum Gasteiger partial charge on any atom is 0.335 e. The fourth-order valence-electron chi connectivity index (χ4n) is 2.86. The molecule has 3 aromatic rings. The molecule has 0 atom stereocenters. The number of carbonyl (C=O) groups is 1. The third-order valence-electron chi connectivity index (χ3n) is 4.26. The van der Waals surface area contributed by atoms with E-state index >= 15 is 0 Å². The minimum Gasteiger partial charge on any atom is -0.478 e. The maximum atomic E-state index is 11.3. The van der Waals surface area contributed by atoms with Gasteiger partial charge < -0.3 is 5.11 Å². The van der Waals surface area contributed by atoms with Crippen molar-refractivity contribution < 1.29 is 9.90 Å².